The summed E-state index contributed by atoms with van der Waals surface area (Å²) in [7, 11) is -3.42. The summed E-state index contributed by atoms with van der Waals surface area (Å²) in [6.45, 7) is 4.11. The molecule has 19 heavy (non-hydrogen) atoms. The van der Waals surface area contributed by atoms with E-state index in [0.717, 1.165) is 30.6 Å². The standard InChI is InChI=1S/C13H21NO3S2/c1-3-14(11-6-4-5-7-11)19(16,17)13-8-12(9-15)18-10(13)2/h8,11,15H,3-7,9H2,1-2H3. The fourth-order valence-electron chi connectivity index (χ4n) is 2.80. The molecular weight excluding hydrogens is 282 g/mol. The fourth-order valence-corrected chi connectivity index (χ4v) is 5.96. The number of sulfonamides is 1. The van der Waals surface area contributed by atoms with Gasteiger partial charge < -0.3 is 5.11 Å². The van der Waals surface area contributed by atoms with Crippen molar-refractivity contribution in [1.82, 2.24) is 4.31 Å². The topological polar surface area (TPSA) is 57.6 Å². The van der Waals surface area contributed by atoms with Crippen LogP contribution in [0.25, 0.3) is 0 Å². The molecule has 1 N–H and O–H groups in total. The van der Waals surface area contributed by atoms with Gasteiger partial charge in [-0.05, 0) is 25.8 Å². The lowest BCUT2D eigenvalue weighted by molar-refractivity contribution is 0.285. The molecule has 0 saturated heterocycles. The minimum absolute atomic E-state index is 0.101. The predicted molar refractivity (Wildman–Crippen MR) is 76.8 cm³/mol. The van der Waals surface area contributed by atoms with Gasteiger partial charge in [-0.15, -0.1) is 11.3 Å². The molecule has 0 radical (unpaired) electrons. The fraction of sp³-hybridized carbons (Fsp3) is 0.692. The number of rotatable bonds is 5. The summed E-state index contributed by atoms with van der Waals surface area (Å²) < 4.78 is 27.1. The number of aryl methyl sites for hydroxylation is 1. The van der Waals surface area contributed by atoms with E-state index in [9.17, 15) is 8.42 Å². The average molecular weight is 303 g/mol. The van der Waals surface area contributed by atoms with E-state index in [1.54, 1.807) is 17.3 Å². The molecule has 1 aromatic heterocycles. The number of hydrogen-bond acceptors (Lipinski definition) is 4. The molecule has 1 heterocycles. The lowest BCUT2D eigenvalue weighted by Gasteiger charge is -2.26. The van der Waals surface area contributed by atoms with Crippen LogP contribution >= 0.6 is 11.3 Å². The number of hydrogen-bond donors (Lipinski definition) is 1. The Morgan fingerprint density at radius 2 is 2.05 bits per heavy atom. The third-order valence-corrected chi connectivity index (χ3v) is 7.03. The third kappa shape index (κ3) is 2.86. The van der Waals surface area contributed by atoms with E-state index in [2.05, 4.69) is 0 Å². The van der Waals surface area contributed by atoms with Crippen molar-refractivity contribution < 1.29 is 13.5 Å². The van der Waals surface area contributed by atoms with Crippen LogP contribution in [0.15, 0.2) is 11.0 Å². The molecule has 0 amide bonds. The van der Waals surface area contributed by atoms with Crippen LogP contribution in [0.4, 0.5) is 0 Å². The molecule has 108 valence electrons. The molecule has 0 atom stereocenters. The van der Waals surface area contributed by atoms with Crippen molar-refractivity contribution in [2.24, 2.45) is 0 Å². The Hall–Kier alpha value is -0.430. The Morgan fingerprint density at radius 3 is 2.53 bits per heavy atom. The van der Waals surface area contributed by atoms with Crippen molar-refractivity contribution in [3.05, 3.63) is 15.8 Å². The van der Waals surface area contributed by atoms with Crippen molar-refractivity contribution in [1.29, 1.82) is 0 Å². The normalized spacial score (nSPS) is 17.5. The number of aliphatic hydroxyl groups excluding tert-OH is 1. The minimum Gasteiger partial charge on any atom is -0.391 e. The van der Waals surface area contributed by atoms with Gasteiger partial charge in [0.05, 0.1) is 11.5 Å². The zero-order valence-corrected chi connectivity index (χ0v) is 13.1. The van der Waals surface area contributed by atoms with Crippen LogP contribution in [0.5, 0.6) is 0 Å². The van der Waals surface area contributed by atoms with E-state index in [1.165, 1.54) is 11.3 Å². The first-order valence-corrected chi connectivity index (χ1v) is 8.98. The Labute approximate surface area is 119 Å². The second-order valence-electron chi connectivity index (χ2n) is 4.94. The van der Waals surface area contributed by atoms with Gasteiger partial charge in [-0.2, -0.15) is 4.31 Å². The van der Waals surface area contributed by atoms with Gasteiger partial charge >= 0.3 is 0 Å². The van der Waals surface area contributed by atoms with Gasteiger partial charge in [-0.3, -0.25) is 0 Å². The first kappa shape index (κ1) is 15.0. The van der Waals surface area contributed by atoms with E-state index < -0.39 is 10.0 Å². The summed E-state index contributed by atoms with van der Waals surface area (Å²) in [6.07, 6.45) is 4.15. The molecule has 1 aromatic rings. The maximum absolute atomic E-state index is 12.8. The third-order valence-electron chi connectivity index (χ3n) is 3.71. The summed E-state index contributed by atoms with van der Waals surface area (Å²) in [6, 6.07) is 1.76. The summed E-state index contributed by atoms with van der Waals surface area (Å²) in [5.41, 5.74) is 0. The summed E-state index contributed by atoms with van der Waals surface area (Å²) >= 11 is 1.36. The van der Waals surface area contributed by atoms with Gasteiger partial charge in [0, 0.05) is 22.3 Å². The molecule has 1 saturated carbocycles. The van der Waals surface area contributed by atoms with Gasteiger partial charge in [0.25, 0.3) is 0 Å². The smallest absolute Gasteiger partial charge is 0.244 e. The molecule has 0 aliphatic heterocycles. The predicted octanol–water partition coefficient (Wildman–Crippen LogP) is 2.50. The monoisotopic (exact) mass is 303 g/mol. The molecular formula is C13H21NO3S2. The molecule has 2 rings (SSSR count). The van der Waals surface area contributed by atoms with Crippen LogP contribution in [0.3, 0.4) is 0 Å². The van der Waals surface area contributed by atoms with E-state index in [1.807, 2.05) is 6.92 Å². The summed E-state index contributed by atoms with van der Waals surface area (Å²) in [5.74, 6) is 0. The maximum Gasteiger partial charge on any atom is 0.244 e. The number of aliphatic hydroxyl groups is 1. The highest BCUT2D eigenvalue weighted by Gasteiger charge is 2.33. The van der Waals surface area contributed by atoms with Crippen molar-refractivity contribution >= 4 is 21.4 Å². The quantitative estimate of drug-likeness (QED) is 0.909. The minimum atomic E-state index is -3.42. The maximum atomic E-state index is 12.8. The van der Waals surface area contributed by atoms with E-state index in [-0.39, 0.29) is 12.6 Å². The van der Waals surface area contributed by atoms with Gasteiger partial charge in [0.2, 0.25) is 10.0 Å². The molecule has 1 aliphatic rings. The van der Waals surface area contributed by atoms with E-state index in [0.29, 0.717) is 16.3 Å². The lowest BCUT2D eigenvalue weighted by atomic mass is 10.2. The Bertz CT molecular complexity index is 530. The van der Waals surface area contributed by atoms with Gasteiger partial charge in [-0.25, -0.2) is 8.42 Å². The zero-order chi connectivity index (χ0) is 14.0. The Kier molecular flexibility index (Phi) is 4.66. The average Bonchev–Trinajstić information content (AvgIpc) is 2.99. The lowest BCUT2D eigenvalue weighted by Crippen LogP contribution is -2.38. The number of nitrogens with zero attached hydrogens (tertiary/aromatic N) is 1. The van der Waals surface area contributed by atoms with Crippen molar-refractivity contribution in [2.75, 3.05) is 6.54 Å². The molecule has 4 nitrogen and oxygen atoms in total. The van der Waals surface area contributed by atoms with Crippen LogP contribution in [-0.4, -0.2) is 30.4 Å². The second kappa shape index (κ2) is 5.91. The van der Waals surface area contributed by atoms with Crippen molar-refractivity contribution in [3.63, 3.8) is 0 Å². The first-order chi connectivity index (χ1) is 9.00. The molecule has 1 aliphatic carbocycles. The zero-order valence-electron chi connectivity index (χ0n) is 11.4. The number of thiophene rings is 1. The molecule has 0 spiro atoms. The highest BCUT2D eigenvalue weighted by atomic mass is 32.2. The van der Waals surface area contributed by atoms with E-state index in [4.69, 9.17) is 5.11 Å². The SMILES string of the molecule is CCN(C1CCCC1)S(=O)(=O)c1cc(CO)sc1C. The molecule has 0 unspecified atom stereocenters. The van der Waals surface area contributed by atoms with Gasteiger partial charge in [0.15, 0.2) is 0 Å². The second-order valence-corrected chi connectivity index (χ2v) is 8.14. The van der Waals surface area contributed by atoms with Crippen LogP contribution in [-0.2, 0) is 16.6 Å². The highest BCUT2D eigenvalue weighted by molar-refractivity contribution is 7.89. The van der Waals surface area contributed by atoms with Crippen LogP contribution in [0, 0.1) is 6.92 Å². The molecule has 0 bridgehead atoms. The molecule has 6 heteroatoms. The Morgan fingerprint density at radius 1 is 1.42 bits per heavy atom. The van der Waals surface area contributed by atoms with Crippen LogP contribution in [0.2, 0.25) is 0 Å². The largest absolute Gasteiger partial charge is 0.391 e. The van der Waals surface area contributed by atoms with Crippen LogP contribution in [0.1, 0.15) is 42.4 Å². The summed E-state index contributed by atoms with van der Waals surface area (Å²) in [5, 5.41) is 9.15. The van der Waals surface area contributed by atoms with Crippen molar-refractivity contribution in [3.8, 4) is 0 Å². The molecule has 0 aromatic carbocycles. The summed E-state index contributed by atoms with van der Waals surface area (Å²) in [4.78, 5) is 1.84. The molecule has 1 fully saturated rings. The van der Waals surface area contributed by atoms with Gasteiger partial charge in [-0.1, -0.05) is 19.8 Å². The highest BCUT2D eigenvalue weighted by Crippen LogP contribution is 2.32. The first-order valence-electron chi connectivity index (χ1n) is 6.72. The van der Waals surface area contributed by atoms with Gasteiger partial charge in [0.1, 0.15) is 0 Å². The van der Waals surface area contributed by atoms with Crippen molar-refractivity contribution in [2.45, 2.75) is 57.1 Å². The van der Waals surface area contributed by atoms with Crippen LogP contribution < -0.4 is 0 Å². The van der Waals surface area contributed by atoms with E-state index >= 15 is 0 Å². The Balaban J connectivity index is 2.36.